The van der Waals surface area contributed by atoms with E-state index in [0.717, 1.165) is 13.0 Å². The van der Waals surface area contributed by atoms with Crippen molar-refractivity contribution in [1.82, 2.24) is 5.32 Å². The largest absolute Gasteiger partial charge is 0.320 e. The molecule has 0 saturated heterocycles. The van der Waals surface area contributed by atoms with Gasteiger partial charge in [0.25, 0.3) is 0 Å². The Morgan fingerprint density at radius 1 is 1.28 bits per heavy atom. The van der Waals surface area contributed by atoms with Crippen LogP contribution in [0.15, 0.2) is 18.2 Å². The third-order valence-corrected chi connectivity index (χ3v) is 3.91. The zero-order valence-electron chi connectivity index (χ0n) is 10.7. The maximum atomic E-state index is 13.3. The molecular weight excluding hydrogens is 255 g/mol. The average Bonchev–Trinajstić information content (AvgIpc) is 2.29. The number of benzene rings is 1. The number of rotatable bonds is 7. The van der Waals surface area contributed by atoms with Gasteiger partial charge in [-0.1, -0.05) is 6.07 Å². The fourth-order valence-electron chi connectivity index (χ4n) is 1.48. The number of hydrogen-bond acceptors (Lipinski definition) is 3. The van der Waals surface area contributed by atoms with Crippen LogP contribution in [0.4, 0.5) is 10.1 Å². The Balaban J connectivity index is 2.56. The summed E-state index contributed by atoms with van der Waals surface area (Å²) in [4.78, 5) is 0. The van der Waals surface area contributed by atoms with Gasteiger partial charge in [0.15, 0.2) is 0 Å². The third-order valence-electron chi connectivity index (χ3n) is 2.54. The first-order chi connectivity index (χ1) is 8.44. The molecule has 0 atom stereocenters. The Kier molecular flexibility index (Phi) is 5.55. The van der Waals surface area contributed by atoms with Crippen molar-refractivity contribution in [2.75, 3.05) is 24.1 Å². The van der Waals surface area contributed by atoms with Crippen LogP contribution in [0.5, 0.6) is 0 Å². The van der Waals surface area contributed by atoms with E-state index in [-0.39, 0.29) is 11.4 Å². The topological polar surface area (TPSA) is 58.2 Å². The molecule has 1 aromatic rings. The summed E-state index contributed by atoms with van der Waals surface area (Å²) in [6, 6.07) is 4.30. The van der Waals surface area contributed by atoms with Gasteiger partial charge in [-0.2, -0.15) is 0 Å². The number of sulfonamides is 1. The van der Waals surface area contributed by atoms with Crippen molar-refractivity contribution in [2.45, 2.75) is 19.8 Å². The predicted molar refractivity (Wildman–Crippen MR) is 71.7 cm³/mol. The normalized spacial score (nSPS) is 11.5. The van der Waals surface area contributed by atoms with E-state index in [4.69, 9.17) is 0 Å². The smallest absolute Gasteiger partial charge is 0.232 e. The van der Waals surface area contributed by atoms with Gasteiger partial charge in [-0.3, -0.25) is 4.72 Å². The number of hydrogen-bond donors (Lipinski definition) is 2. The third kappa shape index (κ3) is 5.01. The maximum Gasteiger partial charge on any atom is 0.232 e. The SMILES string of the molecule is CNCCCCS(=O)(=O)Nc1ccc(C)c(F)c1. The van der Waals surface area contributed by atoms with Crippen LogP contribution >= 0.6 is 0 Å². The number of unbranched alkanes of at least 4 members (excludes halogenated alkanes) is 1. The lowest BCUT2D eigenvalue weighted by molar-refractivity contribution is 0.595. The molecule has 0 spiro atoms. The highest BCUT2D eigenvalue weighted by Crippen LogP contribution is 2.15. The Hall–Kier alpha value is -1.14. The summed E-state index contributed by atoms with van der Waals surface area (Å²) in [5.41, 5.74) is 0.763. The highest BCUT2D eigenvalue weighted by molar-refractivity contribution is 7.92. The van der Waals surface area contributed by atoms with Crippen LogP contribution in [-0.2, 0) is 10.0 Å². The first-order valence-electron chi connectivity index (χ1n) is 5.86. The highest BCUT2D eigenvalue weighted by Gasteiger charge is 2.10. The monoisotopic (exact) mass is 274 g/mol. The predicted octanol–water partition coefficient (Wildman–Crippen LogP) is 1.88. The molecule has 0 heterocycles. The Morgan fingerprint density at radius 3 is 2.61 bits per heavy atom. The molecule has 1 rings (SSSR count). The van der Waals surface area contributed by atoms with Crippen LogP contribution < -0.4 is 10.0 Å². The first-order valence-corrected chi connectivity index (χ1v) is 7.51. The van der Waals surface area contributed by atoms with Crippen molar-refractivity contribution < 1.29 is 12.8 Å². The van der Waals surface area contributed by atoms with E-state index >= 15 is 0 Å². The van der Waals surface area contributed by atoms with Gasteiger partial charge < -0.3 is 5.32 Å². The summed E-state index contributed by atoms with van der Waals surface area (Å²) in [6.45, 7) is 2.42. The lowest BCUT2D eigenvalue weighted by Gasteiger charge is -2.08. The Morgan fingerprint density at radius 2 is 2.00 bits per heavy atom. The fraction of sp³-hybridized carbons (Fsp3) is 0.500. The van der Waals surface area contributed by atoms with Crippen molar-refractivity contribution in [3.63, 3.8) is 0 Å². The second kappa shape index (κ2) is 6.70. The molecule has 0 bridgehead atoms. The van der Waals surface area contributed by atoms with E-state index in [2.05, 4.69) is 10.0 Å². The molecule has 0 aliphatic rings. The van der Waals surface area contributed by atoms with Crippen LogP contribution in [0.1, 0.15) is 18.4 Å². The molecule has 18 heavy (non-hydrogen) atoms. The van der Waals surface area contributed by atoms with Gasteiger partial charge in [0.05, 0.1) is 11.4 Å². The summed E-state index contributed by atoms with van der Waals surface area (Å²) in [7, 11) is -1.57. The van der Waals surface area contributed by atoms with E-state index in [0.29, 0.717) is 12.0 Å². The molecule has 0 aromatic heterocycles. The number of aryl methyl sites for hydroxylation is 1. The summed E-state index contributed by atoms with van der Waals surface area (Å²) in [6.07, 6.45) is 1.37. The molecule has 0 fully saturated rings. The standard InChI is InChI=1S/C12H19FN2O2S/c1-10-5-6-11(9-12(10)13)15-18(16,17)8-4-3-7-14-2/h5-6,9,14-15H,3-4,7-8H2,1-2H3. The van der Waals surface area contributed by atoms with Crippen molar-refractivity contribution in [3.8, 4) is 0 Å². The zero-order valence-corrected chi connectivity index (χ0v) is 11.5. The van der Waals surface area contributed by atoms with E-state index < -0.39 is 15.8 Å². The lowest BCUT2D eigenvalue weighted by Crippen LogP contribution is -2.18. The molecule has 0 saturated carbocycles. The minimum Gasteiger partial charge on any atom is -0.320 e. The molecule has 6 heteroatoms. The van der Waals surface area contributed by atoms with Gasteiger partial charge in [-0.25, -0.2) is 12.8 Å². The minimum atomic E-state index is -3.39. The lowest BCUT2D eigenvalue weighted by atomic mass is 10.2. The summed E-state index contributed by atoms with van der Waals surface area (Å²) in [5.74, 6) is -0.366. The van der Waals surface area contributed by atoms with Gasteiger partial charge in [0.1, 0.15) is 5.82 Å². The molecule has 0 radical (unpaired) electrons. The summed E-state index contributed by atoms with van der Waals surface area (Å²) in [5, 5.41) is 2.95. The second-order valence-electron chi connectivity index (χ2n) is 4.20. The summed E-state index contributed by atoms with van der Waals surface area (Å²) < 4.78 is 39.0. The maximum absolute atomic E-state index is 13.3. The highest BCUT2D eigenvalue weighted by atomic mass is 32.2. The van der Waals surface area contributed by atoms with E-state index in [9.17, 15) is 12.8 Å². The van der Waals surface area contributed by atoms with Crippen molar-refractivity contribution in [2.24, 2.45) is 0 Å². The van der Waals surface area contributed by atoms with E-state index in [1.165, 1.54) is 6.07 Å². The molecule has 4 nitrogen and oxygen atoms in total. The van der Waals surface area contributed by atoms with Gasteiger partial charge in [-0.05, 0) is 51.1 Å². The number of anilines is 1. The van der Waals surface area contributed by atoms with Crippen LogP contribution in [0, 0.1) is 12.7 Å². The molecule has 0 amide bonds. The molecule has 0 aliphatic heterocycles. The van der Waals surface area contributed by atoms with E-state index in [1.807, 2.05) is 7.05 Å². The quantitative estimate of drug-likeness (QED) is 0.746. The molecule has 1 aromatic carbocycles. The van der Waals surface area contributed by atoms with Gasteiger partial charge >= 0.3 is 0 Å². The van der Waals surface area contributed by atoms with Crippen LogP contribution in [-0.4, -0.2) is 27.8 Å². The molecular formula is C12H19FN2O2S. The van der Waals surface area contributed by atoms with Crippen LogP contribution in [0.2, 0.25) is 0 Å². The van der Waals surface area contributed by atoms with Gasteiger partial charge in [0.2, 0.25) is 10.0 Å². The minimum absolute atomic E-state index is 0.0458. The molecule has 0 unspecified atom stereocenters. The second-order valence-corrected chi connectivity index (χ2v) is 6.04. The fourth-order valence-corrected chi connectivity index (χ4v) is 2.65. The Bertz CT molecular complexity index is 489. The number of nitrogens with one attached hydrogen (secondary N) is 2. The molecule has 102 valence electrons. The van der Waals surface area contributed by atoms with Gasteiger partial charge in [-0.15, -0.1) is 0 Å². The number of halogens is 1. The first kappa shape index (κ1) is 14.9. The van der Waals surface area contributed by atoms with Crippen molar-refractivity contribution in [1.29, 1.82) is 0 Å². The van der Waals surface area contributed by atoms with Gasteiger partial charge in [0, 0.05) is 0 Å². The zero-order chi connectivity index (χ0) is 13.6. The molecule has 2 N–H and O–H groups in total. The van der Waals surface area contributed by atoms with E-state index in [1.54, 1.807) is 19.1 Å². The van der Waals surface area contributed by atoms with Crippen molar-refractivity contribution in [3.05, 3.63) is 29.6 Å². The molecule has 0 aliphatic carbocycles. The van der Waals surface area contributed by atoms with Crippen LogP contribution in [0.3, 0.4) is 0 Å². The van der Waals surface area contributed by atoms with Crippen LogP contribution in [0.25, 0.3) is 0 Å². The Labute approximate surface area is 108 Å². The van der Waals surface area contributed by atoms with Crippen molar-refractivity contribution >= 4 is 15.7 Å². The summed E-state index contributed by atoms with van der Waals surface area (Å²) >= 11 is 0. The average molecular weight is 274 g/mol.